The van der Waals surface area contributed by atoms with Crippen LogP contribution in [0.15, 0.2) is 93.5 Å². The van der Waals surface area contributed by atoms with E-state index in [1.54, 1.807) is 25.3 Å². The first-order valence-corrected chi connectivity index (χ1v) is 14.5. The van der Waals surface area contributed by atoms with Crippen molar-refractivity contribution in [2.75, 3.05) is 27.4 Å². The van der Waals surface area contributed by atoms with Gasteiger partial charge in [0.2, 0.25) is 5.17 Å². The first-order chi connectivity index (χ1) is 20.4. The molecule has 2 aliphatic heterocycles. The molecule has 0 radical (unpaired) electrons. The van der Waals surface area contributed by atoms with Crippen LogP contribution in [-0.4, -0.2) is 54.4 Å². The summed E-state index contributed by atoms with van der Waals surface area (Å²) in [6.45, 7) is 4.27. The van der Waals surface area contributed by atoms with Gasteiger partial charge in [-0.05, 0) is 75.6 Å². The maximum Gasteiger partial charge on any atom is 0.283 e. The number of hydrazone groups is 1. The van der Waals surface area contributed by atoms with Gasteiger partial charge in [0.25, 0.3) is 5.91 Å². The Morgan fingerprint density at radius 2 is 1.76 bits per heavy atom. The highest BCUT2D eigenvalue weighted by Gasteiger charge is 2.36. The topological polar surface area (TPSA) is 106 Å². The summed E-state index contributed by atoms with van der Waals surface area (Å²) in [5.41, 5.74) is 2.70. The molecule has 2 aliphatic rings. The Balaban J connectivity index is 1.29. The van der Waals surface area contributed by atoms with Gasteiger partial charge in [-0.2, -0.15) is 15.1 Å². The number of nitrogens with one attached hydrogen (secondary N) is 1. The van der Waals surface area contributed by atoms with Crippen LogP contribution in [0.1, 0.15) is 16.7 Å². The molecule has 0 unspecified atom stereocenters. The predicted molar refractivity (Wildman–Crippen MR) is 169 cm³/mol. The fraction of sp³-hybridized carbons (Fsp3) is 0.161. The van der Waals surface area contributed by atoms with Crippen molar-refractivity contribution in [3.63, 3.8) is 0 Å². The molecule has 0 aliphatic carbocycles. The number of nitrogens with zero attached hydrogens (tertiary/aromatic N) is 3. The average Bonchev–Trinajstić information content (AvgIpc) is 3.43. The van der Waals surface area contributed by atoms with Gasteiger partial charge in [-0.1, -0.05) is 42.5 Å². The quantitative estimate of drug-likeness (QED) is 0.148. The average molecular weight is 648 g/mol. The van der Waals surface area contributed by atoms with E-state index in [2.05, 4.69) is 32.6 Å². The van der Waals surface area contributed by atoms with Crippen LogP contribution in [0.2, 0.25) is 0 Å². The van der Waals surface area contributed by atoms with Crippen LogP contribution < -0.4 is 18.9 Å². The number of hydrogen-bond acceptors (Lipinski definition) is 8. The fourth-order valence-electron chi connectivity index (χ4n) is 4.24. The Morgan fingerprint density at radius 1 is 1.00 bits per heavy atom. The largest absolute Gasteiger partial charge is 0.493 e. The number of carbonyl (C=O) groups excluding carboxylic acids is 1. The molecule has 42 heavy (non-hydrogen) atoms. The highest BCUT2D eigenvalue weighted by Crippen LogP contribution is 2.38. The second-order valence-corrected chi connectivity index (χ2v) is 10.8. The van der Waals surface area contributed by atoms with Crippen LogP contribution in [0.4, 0.5) is 0 Å². The van der Waals surface area contributed by atoms with E-state index < -0.39 is 5.91 Å². The second-order valence-electron chi connectivity index (χ2n) is 9.00. The maximum atomic E-state index is 12.9. The molecule has 0 spiro atoms. The van der Waals surface area contributed by atoms with E-state index in [0.717, 1.165) is 17.5 Å². The lowest BCUT2D eigenvalue weighted by Gasteiger charge is -2.20. The third-order valence-corrected chi connectivity index (χ3v) is 7.78. The summed E-state index contributed by atoms with van der Waals surface area (Å²) < 4.78 is 23.5. The molecular formula is C31H27BrN4O5S. The number of hydrogen-bond donors (Lipinski definition) is 1. The highest BCUT2D eigenvalue weighted by molar-refractivity contribution is 9.10. The lowest BCUT2D eigenvalue weighted by Crippen LogP contribution is -2.35. The number of ether oxygens (including phenoxy) is 4. The summed E-state index contributed by atoms with van der Waals surface area (Å²) in [4.78, 5) is 17.1. The molecule has 0 saturated heterocycles. The highest BCUT2D eigenvalue weighted by atomic mass is 79.9. The summed E-state index contributed by atoms with van der Waals surface area (Å²) in [6, 6.07) is 18.8. The van der Waals surface area contributed by atoms with Crippen LogP contribution in [0.3, 0.4) is 0 Å². The SMILES string of the molecule is C=CCc1ccc(OCCOc2c(Br)cc(/C=C3\C(=N)N4N=C(c5ccccc5)SC4=NC3=O)cc2OC)c(OC)c1. The standard InChI is InChI=1S/C31H27BrN4O5S/c1-4-8-19-11-12-24(25(17-19)38-2)40-13-14-41-27-23(32)16-20(18-26(27)39-3)15-22-28(33)36-31(34-29(22)37)42-30(35-36)21-9-6-5-7-10-21/h4-7,9-12,15-18,33H,1,8,13-14H2,2-3H3/b22-15+,33-28?. The van der Waals surface area contributed by atoms with Crippen LogP contribution in [-0.2, 0) is 11.2 Å². The number of fused-ring (bicyclic) bond motifs is 1. The molecule has 0 atom stereocenters. The molecule has 0 aromatic heterocycles. The normalized spacial score (nSPS) is 15.2. The van der Waals surface area contributed by atoms with Gasteiger partial charge in [0.1, 0.15) is 18.3 Å². The summed E-state index contributed by atoms with van der Waals surface area (Å²) in [7, 11) is 3.13. The Bertz CT molecular complexity index is 1640. The number of carbonyl (C=O) groups is 1. The minimum atomic E-state index is -0.510. The molecule has 0 saturated carbocycles. The number of allylic oxidation sites excluding steroid dienone is 1. The molecule has 214 valence electrons. The number of amidine groups is 2. The van der Waals surface area contributed by atoms with Crippen molar-refractivity contribution in [3.8, 4) is 23.0 Å². The number of thioether (sulfide) groups is 1. The Labute approximate surface area is 256 Å². The molecule has 1 amide bonds. The molecule has 3 aromatic carbocycles. The first kappa shape index (κ1) is 29.2. The number of rotatable bonds is 11. The van der Waals surface area contributed by atoms with Crippen molar-refractivity contribution in [3.05, 3.63) is 100 Å². The number of benzene rings is 3. The zero-order valence-electron chi connectivity index (χ0n) is 22.9. The molecule has 1 N–H and O–H groups in total. The summed E-state index contributed by atoms with van der Waals surface area (Å²) >= 11 is 4.81. The van der Waals surface area contributed by atoms with Gasteiger partial charge in [-0.25, -0.2) is 0 Å². The van der Waals surface area contributed by atoms with Crippen LogP contribution >= 0.6 is 27.7 Å². The molecule has 2 heterocycles. The fourth-order valence-corrected chi connectivity index (χ4v) is 5.71. The molecule has 3 aromatic rings. The molecule has 5 rings (SSSR count). The van der Waals surface area contributed by atoms with Crippen molar-refractivity contribution in [1.82, 2.24) is 5.01 Å². The maximum absolute atomic E-state index is 12.9. The first-order valence-electron chi connectivity index (χ1n) is 12.9. The van der Waals surface area contributed by atoms with Gasteiger partial charge in [0, 0.05) is 5.56 Å². The third kappa shape index (κ3) is 6.27. The van der Waals surface area contributed by atoms with Crippen molar-refractivity contribution in [1.29, 1.82) is 5.41 Å². The number of aliphatic imine (C=N–C) groups is 1. The summed E-state index contributed by atoms with van der Waals surface area (Å²) in [5, 5.41) is 15.6. The van der Waals surface area contributed by atoms with Gasteiger partial charge in [0.15, 0.2) is 28.8 Å². The smallest absolute Gasteiger partial charge is 0.283 e. The van der Waals surface area contributed by atoms with Gasteiger partial charge in [-0.3, -0.25) is 10.2 Å². The Morgan fingerprint density at radius 3 is 2.50 bits per heavy atom. The summed E-state index contributed by atoms with van der Waals surface area (Å²) in [6.07, 6.45) is 4.16. The monoisotopic (exact) mass is 646 g/mol. The molecule has 0 bridgehead atoms. The van der Waals surface area contributed by atoms with Crippen molar-refractivity contribution in [2.45, 2.75) is 6.42 Å². The van der Waals surface area contributed by atoms with E-state index in [0.29, 0.717) is 43.2 Å². The van der Waals surface area contributed by atoms with Crippen molar-refractivity contribution >= 4 is 55.7 Å². The van der Waals surface area contributed by atoms with Gasteiger partial charge in [0.05, 0.1) is 24.3 Å². The van der Waals surface area contributed by atoms with Crippen LogP contribution in [0.5, 0.6) is 23.0 Å². The van der Waals surface area contributed by atoms with Gasteiger partial charge in [-0.15, -0.1) is 6.58 Å². The van der Waals surface area contributed by atoms with Crippen molar-refractivity contribution < 1.29 is 23.7 Å². The predicted octanol–water partition coefficient (Wildman–Crippen LogP) is 6.32. The van der Waals surface area contributed by atoms with E-state index in [1.807, 2.05) is 54.6 Å². The van der Waals surface area contributed by atoms with Crippen LogP contribution in [0, 0.1) is 5.41 Å². The van der Waals surface area contributed by atoms with E-state index in [9.17, 15) is 4.79 Å². The Kier molecular flexibility index (Phi) is 9.09. The van der Waals surface area contributed by atoms with Crippen LogP contribution in [0.25, 0.3) is 6.08 Å². The molecular weight excluding hydrogens is 620 g/mol. The van der Waals surface area contributed by atoms with E-state index >= 15 is 0 Å². The van der Waals surface area contributed by atoms with E-state index in [1.165, 1.54) is 23.9 Å². The van der Waals surface area contributed by atoms with Crippen molar-refractivity contribution in [2.24, 2.45) is 10.1 Å². The number of methoxy groups -OCH3 is 2. The zero-order valence-corrected chi connectivity index (χ0v) is 25.3. The molecule has 0 fully saturated rings. The second kappa shape index (κ2) is 13.1. The number of amides is 1. The van der Waals surface area contributed by atoms with Gasteiger partial charge < -0.3 is 18.9 Å². The molecule has 11 heteroatoms. The third-order valence-electron chi connectivity index (χ3n) is 6.23. The van der Waals surface area contributed by atoms with E-state index in [4.69, 9.17) is 24.4 Å². The lowest BCUT2D eigenvalue weighted by molar-refractivity contribution is -0.114. The van der Waals surface area contributed by atoms with E-state index in [-0.39, 0.29) is 24.6 Å². The number of halogens is 1. The minimum absolute atomic E-state index is 0.0519. The van der Waals surface area contributed by atoms with Gasteiger partial charge >= 0.3 is 0 Å². The minimum Gasteiger partial charge on any atom is -0.493 e. The summed E-state index contributed by atoms with van der Waals surface area (Å²) in [5.74, 6) is 1.62. The Hall–Kier alpha value is -4.35. The zero-order chi connectivity index (χ0) is 29.6. The lowest BCUT2D eigenvalue weighted by atomic mass is 10.1. The molecule has 9 nitrogen and oxygen atoms in total.